The second kappa shape index (κ2) is 2.80. The maximum absolute atomic E-state index is 11.5. The van der Waals surface area contributed by atoms with Crippen molar-refractivity contribution in [3.8, 4) is 11.8 Å². The van der Waals surface area contributed by atoms with Gasteiger partial charge >= 0.3 is 0 Å². The van der Waals surface area contributed by atoms with Crippen LogP contribution in [0.2, 0.25) is 0 Å². The molecule has 13 heavy (non-hydrogen) atoms. The van der Waals surface area contributed by atoms with Crippen molar-refractivity contribution in [2.45, 2.75) is 0 Å². The molecule has 0 aliphatic rings. The Kier molecular flexibility index (Phi) is 1.64. The summed E-state index contributed by atoms with van der Waals surface area (Å²) in [7, 11) is 0. The summed E-state index contributed by atoms with van der Waals surface area (Å²) in [4.78, 5) is 0. The van der Waals surface area contributed by atoms with E-state index < -0.39 is 0 Å². The second-order valence-corrected chi connectivity index (χ2v) is 2.78. The molecule has 0 heterocycles. The molecule has 0 saturated heterocycles. The van der Waals surface area contributed by atoms with Crippen LogP contribution in [-0.4, -0.2) is 0 Å². The van der Waals surface area contributed by atoms with E-state index in [1.54, 1.807) is 24.3 Å². The third-order valence-electron chi connectivity index (χ3n) is 2.00. The van der Waals surface area contributed by atoms with Crippen molar-refractivity contribution in [2.24, 2.45) is 0 Å². The van der Waals surface area contributed by atoms with Crippen LogP contribution in [0.25, 0.3) is 10.8 Å². The molecular formula is C11H6NO. The molecule has 2 nitrogen and oxygen atoms in total. The van der Waals surface area contributed by atoms with Gasteiger partial charge in [0.25, 0.3) is 0 Å². The molecule has 0 atom stereocenters. The Balaban J connectivity index is 2.89. The molecule has 0 bridgehead atoms. The van der Waals surface area contributed by atoms with Crippen molar-refractivity contribution in [1.29, 1.82) is 5.26 Å². The van der Waals surface area contributed by atoms with Crippen LogP contribution in [0, 0.1) is 11.3 Å². The van der Waals surface area contributed by atoms with Crippen LogP contribution in [0.1, 0.15) is 5.56 Å². The fourth-order valence-electron chi connectivity index (χ4n) is 1.33. The van der Waals surface area contributed by atoms with Crippen molar-refractivity contribution < 1.29 is 5.11 Å². The molecule has 0 unspecified atom stereocenters. The Morgan fingerprint density at radius 1 is 1.08 bits per heavy atom. The van der Waals surface area contributed by atoms with E-state index in [2.05, 4.69) is 0 Å². The first-order valence-corrected chi connectivity index (χ1v) is 3.92. The van der Waals surface area contributed by atoms with Crippen LogP contribution in [-0.2, 0) is 5.11 Å². The largest absolute Gasteiger partial charge is 0.288 e. The normalized spacial score (nSPS) is 9.77. The SMILES string of the molecule is N#Cc1ccc2ccccc2c1[O]. The van der Waals surface area contributed by atoms with Crippen molar-refractivity contribution in [2.75, 3.05) is 0 Å². The third kappa shape index (κ3) is 1.11. The van der Waals surface area contributed by atoms with Crippen LogP contribution in [0.3, 0.4) is 0 Å². The van der Waals surface area contributed by atoms with Gasteiger partial charge in [0.1, 0.15) is 6.07 Å². The summed E-state index contributed by atoms with van der Waals surface area (Å²) >= 11 is 0. The van der Waals surface area contributed by atoms with Crippen molar-refractivity contribution in [1.82, 2.24) is 0 Å². The first kappa shape index (κ1) is 7.63. The van der Waals surface area contributed by atoms with E-state index in [9.17, 15) is 5.11 Å². The molecule has 61 valence electrons. The van der Waals surface area contributed by atoms with E-state index in [-0.39, 0.29) is 11.3 Å². The van der Waals surface area contributed by atoms with Gasteiger partial charge in [0.2, 0.25) is 5.75 Å². The second-order valence-electron chi connectivity index (χ2n) is 2.78. The minimum atomic E-state index is -0.180. The number of fused-ring (bicyclic) bond motifs is 1. The zero-order valence-corrected chi connectivity index (χ0v) is 6.82. The Bertz CT molecular complexity index is 497. The lowest BCUT2D eigenvalue weighted by molar-refractivity contribution is 0.359. The molecule has 0 aliphatic carbocycles. The Labute approximate surface area is 75.7 Å². The van der Waals surface area contributed by atoms with Gasteiger partial charge in [0, 0.05) is 5.39 Å². The molecule has 2 aromatic carbocycles. The Hall–Kier alpha value is -2.01. The number of nitriles is 1. The topological polar surface area (TPSA) is 43.7 Å². The lowest BCUT2D eigenvalue weighted by Crippen LogP contribution is -1.77. The van der Waals surface area contributed by atoms with Gasteiger partial charge in [-0.2, -0.15) is 5.26 Å². The first-order chi connectivity index (χ1) is 6.33. The van der Waals surface area contributed by atoms with Gasteiger partial charge in [-0.1, -0.05) is 30.3 Å². The third-order valence-corrected chi connectivity index (χ3v) is 2.00. The van der Waals surface area contributed by atoms with Crippen molar-refractivity contribution in [3.05, 3.63) is 42.0 Å². The van der Waals surface area contributed by atoms with Crippen molar-refractivity contribution >= 4 is 10.8 Å². The molecule has 2 rings (SSSR count). The van der Waals surface area contributed by atoms with Crippen molar-refractivity contribution in [3.63, 3.8) is 0 Å². The highest BCUT2D eigenvalue weighted by Gasteiger charge is 2.06. The zero-order chi connectivity index (χ0) is 9.26. The molecule has 0 N–H and O–H groups in total. The van der Waals surface area contributed by atoms with Gasteiger partial charge in [-0.15, -0.1) is 0 Å². The van der Waals surface area contributed by atoms with E-state index in [1.165, 1.54) is 0 Å². The van der Waals surface area contributed by atoms with Crippen LogP contribution in [0.5, 0.6) is 5.75 Å². The van der Waals surface area contributed by atoms with E-state index in [0.717, 1.165) is 5.39 Å². The number of hydrogen-bond donors (Lipinski definition) is 0. The average Bonchev–Trinajstić information content (AvgIpc) is 2.19. The summed E-state index contributed by atoms with van der Waals surface area (Å²) < 4.78 is 0. The van der Waals surface area contributed by atoms with Gasteiger partial charge in [-0.3, -0.25) is 5.11 Å². The quantitative estimate of drug-likeness (QED) is 0.596. The van der Waals surface area contributed by atoms with Gasteiger partial charge in [0.15, 0.2) is 0 Å². The number of nitrogens with zero attached hydrogens (tertiary/aromatic N) is 1. The highest BCUT2D eigenvalue weighted by atomic mass is 16.3. The highest BCUT2D eigenvalue weighted by Crippen LogP contribution is 2.28. The van der Waals surface area contributed by atoms with Gasteiger partial charge in [-0.25, -0.2) is 0 Å². The molecule has 0 saturated carbocycles. The summed E-state index contributed by atoms with van der Waals surface area (Å²) in [5.74, 6) is -0.180. The smallest absolute Gasteiger partial charge is 0.204 e. The minimum absolute atomic E-state index is 0.180. The van der Waals surface area contributed by atoms with E-state index >= 15 is 0 Å². The van der Waals surface area contributed by atoms with Crippen LogP contribution in [0.4, 0.5) is 0 Å². The van der Waals surface area contributed by atoms with E-state index in [1.807, 2.05) is 18.2 Å². The van der Waals surface area contributed by atoms with E-state index in [4.69, 9.17) is 5.26 Å². The van der Waals surface area contributed by atoms with Crippen LogP contribution >= 0.6 is 0 Å². The molecule has 0 fully saturated rings. The summed E-state index contributed by atoms with van der Waals surface area (Å²) in [5.41, 5.74) is 0.207. The fraction of sp³-hybridized carbons (Fsp3) is 0. The summed E-state index contributed by atoms with van der Waals surface area (Å²) in [6, 6.07) is 12.5. The number of benzene rings is 2. The molecule has 0 aromatic heterocycles. The van der Waals surface area contributed by atoms with Crippen LogP contribution < -0.4 is 0 Å². The number of rotatable bonds is 0. The summed E-state index contributed by atoms with van der Waals surface area (Å²) in [5, 5.41) is 21.7. The Morgan fingerprint density at radius 3 is 2.62 bits per heavy atom. The predicted molar refractivity (Wildman–Crippen MR) is 48.8 cm³/mol. The maximum atomic E-state index is 11.5. The zero-order valence-electron chi connectivity index (χ0n) is 6.82. The van der Waals surface area contributed by atoms with Gasteiger partial charge in [-0.05, 0) is 11.5 Å². The molecule has 2 heteroatoms. The standard InChI is InChI=1S/C11H6NO/c12-7-9-6-5-8-3-1-2-4-10(8)11(9)13/h1-6H. The molecule has 0 amide bonds. The van der Waals surface area contributed by atoms with Gasteiger partial charge in [0.05, 0.1) is 5.56 Å². The molecular weight excluding hydrogens is 162 g/mol. The lowest BCUT2D eigenvalue weighted by atomic mass is 10.1. The highest BCUT2D eigenvalue weighted by molar-refractivity contribution is 5.89. The first-order valence-electron chi connectivity index (χ1n) is 3.92. The lowest BCUT2D eigenvalue weighted by Gasteiger charge is -1.98. The molecule has 1 radical (unpaired) electrons. The number of hydrogen-bond acceptors (Lipinski definition) is 1. The Morgan fingerprint density at radius 2 is 1.85 bits per heavy atom. The predicted octanol–water partition coefficient (Wildman–Crippen LogP) is 2.86. The average molecular weight is 168 g/mol. The summed E-state index contributed by atoms with van der Waals surface area (Å²) in [6.07, 6.45) is 0. The summed E-state index contributed by atoms with van der Waals surface area (Å²) in [6.45, 7) is 0. The van der Waals surface area contributed by atoms with Gasteiger partial charge < -0.3 is 0 Å². The molecule has 0 spiro atoms. The minimum Gasteiger partial charge on any atom is -0.288 e. The van der Waals surface area contributed by atoms with Crippen LogP contribution in [0.15, 0.2) is 36.4 Å². The monoisotopic (exact) mass is 168 g/mol. The molecule has 0 aliphatic heterocycles. The fourth-order valence-corrected chi connectivity index (χ4v) is 1.33. The maximum Gasteiger partial charge on any atom is 0.204 e. The van der Waals surface area contributed by atoms with E-state index in [0.29, 0.717) is 5.39 Å². The molecule has 2 aromatic rings.